The van der Waals surface area contributed by atoms with Crippen molar-refractivity contribution in [2.24, 2.45) is 0 Å². The van der Waals surface area contributed by atoms with Gasteiger partial charge in [0.15, 0.2) is 23.3 Å². The molecule has 2 nitrogen and oxygen atoms in total. The summed E-state index contributed by atoms with van der Waals surface area (Å²) in [6.45, 7) is 1.89. The summed E-state index contributed by atoms with van der Waals surface area (Å²) in [7, 11) is 0. The Morgan fingerprint density at radius 2 is 2.27 bits per heavy atom. The van der Waals surface area contributed by atoms with Crippen LogP contribution in [0.4, 0.5) is 8.28 Å². The summed E-state index contributed by atoms with van der Waals surface area (Å²) >= 11 is 5.58. The van der Waals surface area contributed by atoms with Gasteiger partial charge in [-0.1, -0.05) is 18.5 Å². The second-order valence-corrected chi connectivity index (χ2v) is 3.88. The Balaban J connectivity index is 2.77. The van der Waals surface area contributed by atoms with E-state index in [2.05, 4.69) is 4.98 Å². The molecule has 0 aliphatic rings. The van der Waals surface area contributed by atoms with Crippen molar-refractivity contribution < 1.29 is 8.28 Å². The third kappa shape index (κ3) is 1.70. The lowest BCUT2D eigenvalue weighted by Gasteiger charge is -2.00. The van der Waals surface area contributed by atoms with Crippen LogP contribution in [-0.2, 0) is 6.42 Å². The third-order valence-corrected chi connectivity index (χ3v) is 2.99. The van der Waals surface area contributed by atoms with Gasteiger partial charge < -0.3 is 0 Å². The Hall–Kier alpha value is -0.810. The van der Waals surface area contributed by atoms with Gasteiger partial charge in [-0.25, -0.2) is 9.37 Å². The summed E-state index contributed by atoms with van der Waals surface area (Å²) in [6, 6.07) is 2.89. The Kier molecular flexibility index (Phi) is 2.84. The average molecular weight is 249 g/mol. The second kappa shape index (κ2) is 3.98. The summed E-state index contributed by atoms with van der Waals surface area (Å²) in [4.78, 5) is 3.84. The van der Waals surface area contributed by atoms with Crippen molar-refractivity contribution in [3.05, 3.63) is 28.8 Å². The van der Waals surface area contributed by atoms with Crippen LogP contribution in [0.2, 0.25) is 5.15 Å². The lowest BCUT2D eigenvalue weighted by Crippen LogP contribution is -1.91. The number of aromatic nitrogens is 2. The average Bonchev–Trinajstić information content (AvgIpc) is 2.56. The Morgan fingerprint density at radius 1 is 1.53 bits per heavy atom. The fourth-order valence-electron chi connectivity index (χ4n) is 1.44. The van der Waals surface area contributed by atoms with Gasteiger partial charge in [0.1, 0.15) is 0 Å². The number of pyridine rings is 1. The largest absolute Gasteiger partial charge is 0.259 e. The molecule has 0 saturated carbocycles. The third-order valence-electron chi connectivity index (χ3n) is 2.16. The Bertz CT molecular complexity index is 512. The van der Waals surface area contributed by atoms with E-state index < -0.39 is 5.82 Å². The number of nitrogens with zero attached hydrogens (tertiary/aromatic N) is 2. The van der Waals surface area contributed by atoms with Crippen molar-refractivity contribution in [1.29, 1.82) is 0 Å². The molecule has 2 aromatic rings. The van der Waals surface area contributed by atoms with Crippen molar-refractivity contribution in [2.75, 3.05) is 0 Å². The maximum absolute atomic E-state index is 13.1. The molecule has 15 heavy (non-hydrogen) atoms. The van der Waals surface area contributed by atoms with E-state index in [0.717, 1.165) is 5.69 Å². The van der Waals surface area contributed by atoms with E-state index in [1.54, 1.807) is 6.07 Å². The van der Waals surface area contributed by atoms with Crippen LogP contribution in [0.15, 0.2) is 12.1 Å². The minimum Gasteiger partial charge on any atom is -0.259 e. The molecule has 0 bridgehead atoms. The quantitative estimate of drug-likeness (QED) is 0.753. The van der Waals surface area contributed by atoms with Crippen LogP contribution in [0, 0.1) is 5.82 Å². The molecule has 0 fully saturated rings. The zero-order valence-electron chi connectivity index (χ0n) is 7.80. The van der Waals surface area contributed by atoms with E-state index in [4.69, 9.17) is 11.6 Å². The summed E-state index contributed by atoms with van der Waals surface area (Å²) in [6.07, 6.45) is 0.645. The van der Waals surface area contributed by atoms with Gasteiger partial charge in [0.2, 0.25) is 0 Å². The molecule has 0 aliphatic carbocycles. The molecular weight excluding hydrogens is 242 g/mol. The molecule has 0 aromatic carbocycles. The van der Waals surface area contributed by atoms with Gasteiger partial charge >= 0.3 is 0 Å². The van der Waals surface area contributed by atoms with E-state index in [1.807, 2.05) is 6.92 Å². The van der Waals surface area contributed by atoms with Crippen LogP contribution in [0.1, 0.15) is 12.6 Å². The van der Waals surface area contributed by atoms with Crippen molar-refractivity contribution in [2.45, 2.75) is 13.3 Å². The fraction of sp³-hybridized carbons (Fsp3) is 0.222. The first-order valence-electron chi connectivity index (χ1n) is 4.32. The minimum absolute atomic E-state index is 0.0376. The van der Waals surface area contributed by atoms with E-state index in [0.29, 0.717) is 17.5 Å². The lowest BCUT2D eigenvalue weighted by molar-refractivity contribution is 0.624. The van der Waals surface area contributed by atoms with Gasteiger partial charge in [0.05, 0.1) is 11.0 Å². The van der Waals surface area contributed by atoms with Gasteiger partial charge in [-0.05, 0) is 12.5 Å². The van der Waals surface area contributed by atoms with Gasteiger partial charge in [0, 0.05) is 11.8 Å². The normalized spacial score (nSPS) is 11.2. The van der Waals surface area contributed by atoms with Gasteiger partial charge in [0.25, 0.3) is 0 Å². The van der Waals surface area contributed by atoms with E-state index in [1.165, 1.54) is 10.0 Å². The molecule has 6 heteroatoms. The highest BCUT2D eigenvalue weighted by molar-refractivity contribution is 7.93. The van der Waals surface area contributed by atoms with Crippen molar-refractivity contribution >= 4 is 35.0 Å². The maximum Gasteiger partial charge on any atom is 0.170 e. The molecule has 0 unspecified atom stereocenters. The number of hydrogen-bond donors (Lipinski definition) is 0. The number of fused-ring (bicyclic) bond motifs is 1. The predicted molar refractivity (Wildman–Crippen MR) is 58.2 cm³/mol. The molecule has 2 heterocycles. The zero-order chi connectivity index (χ0) is 11.0. The molecule has 0 saturated heterocycles. The van der Waals surface area contributed by atoms with Crippen LogP contribution in [0.3, 0.4) is 0 Å². The highest BCUT2D eigenvalue weighted by atomic mass is 35.5. The van der Waals surface area contributed by atoms with E-state index >= 15 is 0 Å². The predicted octanol–water partition coefficient (Wildman–Crippen LogP) is 3.77. The first kappa shape index (κ1) is 10.7. The molecule has 0 aliphatic heterocycles. The van der Waals surface area contributed by atoms with Gasteiger partial charge in [-0.15, -0.1) is 3.89 Å². The maximum atomic E-state index is 13.1. The van der Waals surface area contributed by atoms with Crippen LogP contribution in [0.5, 0.6) is 0 Å². The second-order valence-electron chi connectivity index (χ2n) is 3.02. The zero-order valence-corrected chi connectivity index (χ0v) is 9.37. The smallest absolute Gasteiger partial charge is 0.170 e. The monoisotopic (exact) mass is 248 g/mol. The van der Waals surface area contributed by atoms with Crippen LogP contribution < -0.4 is 0 Å². The number of aryl methyl sites for hydroxylation is 1. The summed E-state index contributed by atoms with van der Waals surface area (Å²) in [5.74, 6) is -0.639. The molecular formula is C9H7ClF2N2S. The van der Waals surface area contributed by atoms with Crippen molar-refractivity contribution in [3.63, 3.8) is 0 Å². The lowest BCUT2D eigenvalue weighted by atomic mass is 10.3. The first-order chi connectivity index (χ1) is 7.17. The first-order valence-corrected chi connectivity index (χ1v) is 5.38. The SMILES string of the molecule is CCc1cc2nc(Cl)c(F)cc2n1SF. The van der Waals surface area contributed by atoms with Gasteiger partial charge in [-0.3, -0.25) is 3.97 Å². The Labute approximate surface area is 94.7 Å². The van der Waals surface area contributed by atoms with Crippen LogP contribution in [-0.4, -0.2) is 8.96 Å². The number of halogens is 3. The summed E-state index contributed by atoms with van der Waals surface area (Å²) < 4.78 is 27.1. The molecule has 80 valence electrons. The standard InChI is InChI=1S/C9H7ClF2N2S/c1-2-5-3-7-8(14(5)15-12)4-6(11)9(10)13-7/h3-4H,2H2,1H3. The molecule has 0 atom stereocenters. The summed E-state index contributed by atoms with van der Waals surface area (Å²) in [5.41, 5.74) is 1.65. The Morgan fingerprint density at radius 3 is 2.87 bits per heavy atom. The minimum atomic E-state index is -0.639. The topological polar surface area (TPSA) is 17.8 Å². The highest BCUT2D eigenvalue weighted by Crippen LogP contribution is 2.27. The van der Waals surface area contributed by atoms with Crippen molar-refractivity contribution in [1.82, 2.24) is 8.96 Å². The van der Waals surface area contributed by atoms with Gasteiger partial charge in [-0.2, -0.15) is 0 Å². The van der Waals surface area contributed by atoms with Crippen LogP contribution >= 0.6 is 23.9 Å². The molecule has 2 rings (SSSR count). The molecule has 0 amide bonds. The van der Waals surface area contributed by atoms with E-state index in [9.17, 15) is 8.28 Å². The summed E-state index contributed by atoms with van der Waals surface area (Å²) in [5, 5.41) is -0.189. The highest BCUT2D eigenvalue weighted by Gasteiger charge is 2.12. The fourth-order valence-corrected chi connectivity index (χ4v) is 2.07. The molecule has 2 aromatic heterocycles. The van der Waals surface area contributed by atoms with Crippen molar-refractivity contribution in [3.8, 4) is 0 Å². The van der Waals surface area contributed by atoms with Crippen LogP contribution in [0.25, 0.3) is 11.0 Å². The number of rotatable bonds is 2. The molecule has 0 radical (unpaired) electrons. The number of hydrogen-bond acceptors (Lipinski definition) is 2. The molecule has 0 spiro atoms. The molecule has 0 N–H and O–H groups in total. The van der Waals surface area contributed by atoms with E-state index in [-0.39, 0.29) is 17.5 Å².